The van der Waals surface area contributed by atoms with E-state index in [2.05, 4.69) is 14.7 Å². The molecule has 0 aliphatic rings. The van der Waals surface area contributed by atoms with Gasteiger partial charge in [-0.05, 0) is 30.3 Å². The van der Waals surface area contributed by atoms with Crippen molar-refractivity contribution in [2.24, 2.45) is 0 Å². The van der Waals surface area contributed by atoms with Crippen molar-refractivity contribution in [3.63, 3.8) is 0 Å². The zero-order chi connectivity index (χ0) is 26.9. The highest BCUT2D eigenvalue weighted by atomic mass is 35.5. The molecular formula is C23H23ClF3N3O4S2. The molecule has 0 saturated carbocycles. The van der Waals surface area contributed by atoms with E-state index < -0.39 is 34.7 Å². The van der Waals surface area contributed by atoms with Gasteiger partial charge in [0.1, 0.15) is 11.6 Å². The molecule has 0 radical (unpaired) electrons. The van der Waals surface area contributed by atoms with Gasteiger partial charge >= 0.3 is 21.5 Å². The molecule has 0 aliphatic carbocycles. The van der Waals surface area contributed by atoms with Gasteiger partial charge in [0.2, 0.25) is 0 Å². The molecule has 3 rings (SSSR count). The number of thiazole rings is 1. The van der Waals surface area contributed by atoms with Gasteiger partial charge in [-0.3, -0.25) is 14.1 Å². The monoisotopic (exact) mass is 561 g/mol. The van der Waals surface area contributed by atoms with Gasteiger partial charge < -0.3 is 4.74 Å². The average molecular weight is 562 g/mol. The number of nitrogens with zero attached hydrogens (tertiary/aromatic N) is 3. The summed E-state index contributed by atoms with van der Waals surface area (Å²) in [4.78, 5) is 20.0. The van der Waals surface area contributed by atoms with Gasteiger partial charge in [-0.1, -0.05) is 32.4 Å². The number of hydrogen-bond donors (Lipinski definition) is 0. The Labute approximate surface area is 216 Å². The third-order valence-corrected chi connectivity index (χ3v) is 7.74. The van der Waals surface area contributed by atoms with Crippen LogP contribution in [0.2, 0.25) is 5.02 Å². The van der Waals surface area contributed by atoms with E-state index in [4.69, 9.17) is 11.6 Å². The molecule has 0 N–H and O–H groups in total. The van der Waals surface area contributed by atoms with Crippen LogP contribution in [0.5, 0.6) is 0 Å². The molecule has 7 nitrogen and oxygen atoms in total. The number of pyridine rings is 1. The largest absolute Gasteiger partial charge is 0.516 e. The number of carbonyl (C=O) groups is 1. The number of benzene rings is 1. The van der Waals surface area contributed by atoms with E-state index in [1.165, 1.54) is 23.5 Å². The Morgan fingerprint density at radius 1 is 1.17 bits per heavy atom. The summed E-state index contributed by atoms with van der Waals surface area (Å²) in [5.74, 6) is -0.754. The highest BCUT2D eigenvalue weighted by molar-refractivity contribution is 7.93. The zero-order valence-corrected chi connectivity index (χ0v) is 22.1. The molecule has 0 saturated heterocycles. The van der Waals surface area contributed by atoms with Crippen LogP contribution in [-0.2, 0) is 25.0 Å². The number of carbonyl (C=O) groups excluding carboxylic acids is 1. The van der Waals surface area contributed by atoms with Crippen LogP contribution < -0.4 is 4.31 Å². The van der Waals surface area contributed by atoms with E-state index >= 15 is 0 Å². The molecule has 1 aromatic carbocycles. The second kappa shape index (κ2) is 10.3. The summed E-state index contributed by atoms with van der Waals surface area (Å²) in [6.45, 7) is 5.89. The summed E-state index contributed by atoms with van der Waals surface area (Å²) in [5, 5.41) is 2.45. The Bertz CT molecular complexity index is 1370. The standard InChI is InChI=1S/C23H23ClF3N3O4S2/c1-14(31)34-10-9-30(36(32,33)23(25,26)27)16-5-6-17(18(24)12-16)19-13-35-21(29-19)15-7-8-28-20(11-15)22(2,3)4/h5-8,11-13H,9-10H2,1-4H3. The number of halogens is 4. The Kier molecular flexibility index (Phi) is 8.01. The van der Waals surface area contributed by atoms with E-state index in [0.29, 0.717) is 16.3 Å². The highest BCUT2D eigenvalue weighted by Crippen LogP contribution is 2.37. The Morgan fingerprint density at radius 2 is 1.86 bits per heavy atom. The van der Waals surface area contributed by atoms with Crippen molar-refractivity contribution in [2.45, 2.75) is 38.6 Å². The number of aromatic nitrogens is 2. The predicted octanol–water partition coefficient (Wildman–Crippen LogP) is 6.04. The molecule has 36 heavy (non-hydrogen) atoms. The van der Waals surface area contributed by atoms with Crippen molar-refractivity contribution in [2.75, 3.05) is 17.5 Å². The van der Waals surface area contributed by atoms with Crippen LogP contribution in [0.3, 0.4) is 0 Å². The second-order valence-electron chi connectivity index (χ2n) is 8.74. The first kappa shape index (κ1) is 27.9. The number of anilines is 1. The normalized spacial score (nSPS) is 12.4. The molecular weight excluding hydrogens is 539 g/mol. The molecule has 0 aliphatic heterocycles. The van der Waals surface area contributed by atoms with Gasteiger partial charge in [-0.15, -0.1) is 11.3 Å². The van der Waals surface area contributed by atoms with Crippen LogP contribution in [0.4, 0.5) is 18.9 Å². The van der Waals surface area contributed by atoms with Crippen molar-refractivity contribution in [3.8, 4) is 21.8 Å². The molecule has 2 aromatic heterocycles. The second-order valence-corrected chi connectivity index (χ2v) is 11.9. The fraction of sp³-hybridized carbons (Fsp3) is 0.348. The fourth-order valence-electron chi connectivity index (χ4n) is 3.16. The summed E-state index contributed by atoms with van der Waals surface area (Å²) in [7, 11) is -5.77. The van der Waals surface area contributed by atoms with Gasteiger partial charge in [-0.2, -0.15) is 21.6 Å². The molecule has 3 aromatic rings. The first-order valence-electron chi connectivity index (χ1n) is 10.6. The van der Waals surface area contributed by atoms with Crippen molar-refractivity contribution < 1.29 is 31.1 Å². The number of alkyl halides is 3. The Hall–Kier alpha value is -2.70. The topological polar surface area (TPSA) is 89.5 Å². The van der Waals surface area contributed by atoms with Crippen LogP contribution >= 0.6 is 22.9 Å². The van der Waals surface area contributed by atoms with E-state index in [1.54, 1.807) is 11.6 Å². The van der Waals surface area contributed by atoms with Crippen molar-refractivity contribution >= 4 is 44.6 Å². The molecule has 13 heteroatoms. The van der Waals surface area contributed by atoms with Gasteiger partial charge in [0, 0.05) is 40.7 Å². The SMILES string of the molecule is CC(=O)OCCN(c1ccc(-c2csc(-c3ccnc(C(C)(C)C)c3)n2)c(Cl)c1)S(=O)(=O)C(F)(F)F. The first-order valence-corrected chi connectivity index (χ1v) is 13.3. The summed E-state index contributed by atoms with van der Waals surface area (Å²) in [6.07, 6.45) is 1.70. The van der Waals surface area contributed by atoms with Gasteiger partial charge in [0.05, 0.1) is 22.9 Å². The molecule has 194 valence electrons. The molecule has 0 atom stereocenters. The number of esters is 1. The molecule has 0 bridgehead atoms. The maximum absolute atomic E-state index is 13.3. The van der Waals surface area contributed by atoms with Crippen molar-refractivity contribution in [1.82, 2.24) is 9.97 Å². The number of rotatable bonds is 7. The minimum atomic E-state index is -5.77. The first-order chi connectivity index (χ1) is 16.6. The summed E-state index contributed by atoms with van der Waals surface area (Å²) >= 11 is 7.72. The van der Waals surface area contributed by atoms with Crippen molar-refractivity contribution in [3.05, 3.63) is 52.6 Å². The fourth-order valence-corrected chi connectivity index (χ4v) is 5.20. The van der Waals surface area contributed by atoms with Crippen LogP contribution in [0.25, 0.3) is 21.8 Å². The molecule has 2 heterocycles. The minimum absolute atomic E-state index is 0.00400. The summed E-state index contributed by atoms with van der Waals surface area (Å²) < 4.78 is 68.9. The van der Waals surface area contributed by atoms with Gasteiger partial charge in [0.25, 0.3) is 0 Å². The summed E-state index contributed by atoms with van der Waals surface area (Å²) in [6, 6.07) is 7.47. The maximum atomic E-state index is 13.3. The lowest BCUT2D eigenvalue weighted by Gasteiger charge is -2.25. The van der Waals surface area contributed by atoms with E-state index in [1.807, 2.05) is 32.9 Å². The lowest BCUT2D eigenvalue weighted by molar-refractivity contribution is -0.140. The maximum Gasteiger partial charge on any atom is 0.516 e. The lowest BCUT2D eigenvalue weighted by atomic mass is 9.91. The Morgan fingerprint density at radius 3 is 2.44 bits per heavy atom. The van der Waals surface area contributed by atoms with Crippen molar-refractivity contribution in [1.29, 1.82) is 0 Å². The molecule has 0 unspecified atom stereocenters. The van der Waals surface area contributed by atoms with Gasteiger partial charge in [0.15, 0.2) is 0 Å². The number of ether oxygens (including phenoxy) is 1. The van der Waals surface area contributed by atoms with E-state index in [9.17, 15) is 26.4 Å². The number of hydrogen-bond acceptors (Lipinski definition) is 7. The Balaban J connectivity index is 1.95. The lowest BCUT2D eigenvalue weighted by Crippen LogP contribution is -2.42. The minimum Gasteiger partial charge on any atom is -0.464 e. The third-order valence-electron chi connectivity index (χ3n) is 4.98. The van der Waals surface area contributed by atoms with Crippen LogP contribution in [0.15, 0.2) is 41.9 Å². The average Bonchev–Trinajstić information content (AvgIpc) is 3.25. The van der Waals surface area contributed by atoms with Gasteiger partial charge in [-0.25, -0.2) is 4.98 Å². The highest BCUT2D eigenvalue weighted by Gasteiger charge is 2.50. The van der Waals surface area contributed by atoms with E-state index in [-0.39, 0.29) is 20.4 Å². The zero-order valence-electron chi connectivity index (χ0n) is 19.8. The van der Waals surface area contributed by atoms with E-state index in [0.717, 1.165) is 24.2 Å². The summed E-state index contributed by atoms with van der Waals surface area (Å²) in [5.41, 5.74) is -3.41. The van der Waals surface area contributed by atoms with Crippen LogP contribution in [-0.4, -0.2) is 43.0 Å². The van der Waals surface area contributed by atoms with Crippen LogP contribution in [0.1, 0.15) is 33.4 Å². The molecule has 0 spiro atoms. The third kappa shape index (κ3) is 6.16. The predicted molar refractivity (Wildman–Crippen MR) is 133 cm³/mol. The smallest absolute Gasteiger partial charge is 0.464 e. The number of sulfonamides is 1. The molecule has 0 fully saturated rings. The van der Waals surface area contributed by atoms with Crippen LogP contribution in [0, 0.1) is 0 Å². The molecule has 0 amide bonds. The quantitative estimate of drug-likeness (QED) is 0.327.